The third kappa shape index (κ3) is 3.79. The second kappa shape index (κ2) is 9.04. The molecule has 0 radical (unpaired) electrons. The van der Waals surface area contributed by atoms with Gasteiger partial charge in [0.15, 0.2) is 0 Å². The molecule has 31 heavy (non-hydrogen) atoms. The first kappa shape index (κ1) is 20.7. The van der Waals surface area contributed by atoms with Gasteiger partial charge in [0.2, 0.25) is 0 Å². The number of hydrogen-bond donors (Lipinski definition) is 0. The minimum Gasteiger partial charge on any atom is -0.424 e. The van der Waals surface area contributed by atoms with E-state index < -0.39 is 16.6 Å². The van der Waals surface area contributed by atoms with Gasteiger partial charge in [-0.2, -0.15) is 0 Å². The summed E-state index contributed by atoms with van der Waals surface area (Å²) in [6.45, 7) is 0. The Morgan fingerprint density at radius 3 is 0.839 bits per heavy atom. The molecule has 4 aromatic carbocycles. The minimum atomic E-state index is -3.10. The van der Waals surface area contributed by atoms with Gasteiger partial charge in [0.05, 0.1) is 0 Å². The van der Waals surface area contributed by atoms with Crippen molar-refractivity contribution >= 4 is 37.4 Å². The second-order valence-corrected chi connectivity index (χ2v) is 13.6. The zero-order chi connectivity index (χ0) is 21.6. The summed E-state index contributed by atoms with van der Waals surface area (Å²) in [7, 11) is -6.19. The molecule has 0 aromatic heterocycles. The molecule has 0 heterocycles. The van der Waals surface area contributed by atoms with Gasteiger partial charge in [-0.1, -0.05) is 132 Å². The van der Waals surface area contributed by atoms with Gasteiger partial charge in [-0.25, -0.2) is 0 Å². The summed E-state index contributed by atoms with van der Waals surface area (Å²) in [6, 6.07) is 40.5. The lowest BCUT2D eigenvalue weighted by atomic mass is 10.4. The fraction of sp³-hybridized carbons (Fsp3) is 0. The van der Waals surface area contributed by atoms with Crippen molar-refractivity contribution in [2.24, 2.45) is 0 Å². The van der Waals surface area contributed by atoms with Gasteiger partial charge < -0.3 is 4.12 Å². The number of terminal acetylenes is 2. The molecular formula is C28H22OSi2. The van der Waals surface area contributed by atoms with Crippen molar-refractivity contribution in [1.82, 2.24) is 0 Å². The molecule has 0 aliphatic carbocycles. The molecule has 3 heteroatoms. The third-order valence-electron chi connectivity index (χ3n) is 5.43. The van der Waals surface area contributed by atoms with E-state index in [-0.39, 0.29) is 0 Å². The van der Waals surface area contributed by atoms with E-state index >= 15 is 0 Å². The second-order valence-electron chi connectivity index (χ2n) is 7.22. The quantitative estimate of drug-likeness (QED) is 0.338. The highest BCUT2D eigenvalue weighted by Gasteiger charge is 2.49. The third-order valence-corrected chi connectivity index (χ3v) is 13.3. The number of rotatable bonds is 6. The van der Waals surface area contributed by atoms with E-state index in [2.05, 4.69) is 59.6 Å². The molecule has 4 aromatic rings. The van der Waals surface area contributed by atoms with E-state index in [1.165, 1.54) is 0 Å². The van der Waals surface area contributed by atoms with Crippen LogP contribution in [-0.4, -0.2) is 16.6 Å². The van der Waals surface area contributed by atoms with Crippen LogP contribution in [0, 0.1) is 23.9 Å². The maximum absolute atomic E-state index is 7.27. The first-order valence-corrected chi connectivity index (χ1v) is 13.9. The first-order valence-electron chi connectivity index (χ1n) is 10.1. The van der Waals surface area contributed by atoms with Crippen molar-refractivity contribution in [1.29, 1.82) is 0 Å². The van der Waals surface area contributed by atoms with Crippen LogP contribution >= 0.6 is 0 Å². The highest BCUT2D eigenvalue weighted by atomic mass is 28.4. The largest absolute Gasteiger partial charge is 0.424 e. The van der Waals surface area contributed by atoms with Crippen LogP contribution in [0.15, 0.2) is 121 Å². The van der Waals surface area contributed by atoms with Gasteiger partial charge in [-0.15, -0.1) is 12.8 Å². The molecule has 0 aliphatic rings. The predicted octanol–water partition coefficient (Wildman–Crippen LogP) is 2.87. The molecular weight excluding hydrogens is 408 g/mol. The lowest BCUT2D eigenvalue weighted by Gasteiger charge is -2.37. The Labute approximate surface area is 186 Å². The van der Waals surface area contributed by atoms with E-state index in [1.54, 1.807) is 0 Å². The zero-order valence-electron chi connectivity index (χ0n) is 17.1. The van der Waals surface area contributed by atoms with E-state index in [4.69, 9.17) is 17.0 Å². The molecule has 0 aliphatic heterocycles. The molecule has 0 atom stereocenters. The zero-order valence-corrected chi connectivity index (χ0v) is 19.1. The van der Waals surface area contributed by atoms with E-state index in [9.17, 15) is 0 Å². The normalized spacial score (nSPS) is 11.3. The lowest BCUT2D eigenvalue weighted by Crippen LogP contribution is -2.72. The molecule has 0 saturated heterocycles. The van der Waals surface area contributed by atoms with Gasteiger partial charge in [0, 0.05) is 0 Å². The number of benzene rings is 4. The maximum Gasteiger partial charge on any atom is 0.328 e. The van der Waals surface area contributed by atoms with E-state index in [0.29, 0.717) is 0 Å². The maximum atomic E-state index is 7.27. The standard InChI is InChI=1S/C28H22OSi2/c1-3-30(25-17-9-5-10-18-25,26-19-11-6-12-20-26)29-31(4-2,27-21-13-7-14-22-27)28-23-15-8-16-24-28/h1-2,5-24H. The summed E-state index contributed by atoms with van der Waals surface area (Å²) in [6.07, 6.45) is 12.7. The van der Waals surface area contributed by atoms with Crippen molar-refractivity contribution in [2.75, 3.05) is 0 Å². The molecule has 0 fully saturated rings. The van der Waals surface area contributed by atoms with Crippen LogP contribution in [0.3, 0.4) is 0 Å². The monoisotopic (exact) mass is 430 g/mol. The molecule has 0 amide bonds. The predicted molar refractivity (Wildman–Crippen MR) is 135 cm³/mol. The van der Waals surface area contributed by atoms with Crippen molar-refractivity contribution in [3.05, 3.63) is 121 Å². The van der Waals surface area contributed by atoms with Crippen molar-refractivity contribution in [2.45, 2.75) is 0 Å². The van der Waals surface area contributed by atoms with Gasteiger partial charge in [-0.3, -0.25) is 0 Å². The van der Waals surface area contributed by atoms with Gasteiger partial charge >= 0.3 is 16.6 Å². The van der Waals surface area contributed by atoms with Crippen LogP contribution in [0.5, 0.6) is 0 Å². The Hall–Kier alpha value is -3.61. The first-order chi connectivity index (χ1) is 15.2. The highest BCUT2D eigenvalue weighted by Crippen LogP contribution is 2.16. The van der Waals surface area contributed by atoms with Gasteiger partial charge in [0.25, 0.3) is 0 Å². The SMILES string of the molecule is C#C[Si](O[Si](C#C)(c1ccccc1)c1ccccc1)(c1ccccc1)c1ccccc1. The van der Waals surface area contributed by atoms with Crippen LogP contribution in [0.1, 0.15) is 0 Å². The summed E-state index contributed by atoms with van der Waals surface area (Å²) in [5, 5.41) is 4.07. The topological polar surface area (TPSA) is 9.23 Å². The van der Waals surface area contributed by atoms with Gasteiger partial charge in [-0.05, 0) is 20.7 Å². The van der Waals surface area contributed by atoms with Crippen LogP contribution in [-0.2, 0) is 4.12 Å². The fourth-order valence-corrected chi connectivity index (χ4v) is 12.1. The lowest BCUT2D eigenvalue weighted by molar-refractivity contribution is 0.603. The van der Waals surface area contributed by atoms with Crippen molar-refractivity contribution < 1.29 is 4.12 Å². The molecule has 0 N–H and O–H groups in total. The van der Waals surface area contributed by atoms with Crippen LogP contribution in [0.25, 0.3) is 0 Å². The Morgan fingerprint density at radius 1 is 0.419 bits per heavy atom. The van der Waals surface area contributed by atoms with Crippen molar-refractivity contribution in [3.8, 4) is 23.9 Å². The molecule has 0 spiro atoms. The Morgan fingerprint density at radius 2 is 0.645 bits per heavy atom. The van der Waals surface area contributed by atoms with Crippen LogP contribution in [0.2, 0.25) is 0 Å². The molecule has 4 rings (SSSR count). The van der Waals surface area contributed by atoms with Crippen LogP contribution < -0.4 is 20.7 Å². The number of hydrogen-bond acceptors (Lipinski definition) is 1. The highest BCUT2D eigenvalue weighted by molar-refractivity contribution is 7.14. The fourth-order valence-electron chi connectivity index (χ4n) is 3.88. The molecule has 148 valence electrons. The summed E-state index contributed by atoms with van der Waals surface area (Å²) in [5.74, 6) is 0. The Bertz CT molecular complexity index is 1030. The Kier molecular flexibility index (Phi) is 6.02. The van der Waals surface area contributed by atoms with E-state index in [0.717, 1.165) is 20.7 Å². The molecule has 0 unspecified atom stereocenters. The van der Waals surface area contributed by atoms with Gasteiger partial charge in [0.1, 0.15) is 0 Å². The minimum absolute atomic E-state index is 1.02. The van der Waals surface area contributed by atoms with Crippen LogP contribution in [0.4, 0.5) is 0 Å². The summed E-state index contributed by atoms with van der Waals surface area (Å²) in [4.78, 5) is 0. The average molecular weight is 431 g/mol. The smallest absolute Gasteiger partial charge is 0.328 e. The van der Waals surface area contributed by atoms with Crippen molar-refractivity contribution in [3.63, 3.8) is 0 Å². The molecule has 1 nitrogen and oxygen atoms in total. The summed E-state index contributed by atoms with van der Waals surface area (Å²) >= 11 is 0. The Balaban J connectivity index is 2.01. The summed E-state index contributed by atoms with van der Waals surface area (Å²) < 4.78 is 7.27. The summed E-state index contributed by atoms with van der Waals surface area (Å²) in [5.41, 5.74) is 6.27. The van der Waals surface area contributed by atoms with E-state index in [1.807, 2.05) is 72.8 Å². The molecule has 0 bridgehead atoms. The molecule has 0 saturated carbocycles. The average Bonchev–Trinajstić information content (AvgIpc) is 2.87.